The molecular weight excluding hydrogens is 216 g/mol. The molecule has 0 aliphatic carbocycles. The first-order valence-corrected chi connectivity index (χ1v) is 5.25. The van der Waals surface area contributed by atoms with E-state index in [9.17, 15) is 0 Å². The maximum Gasteiger partial charge on any atom is 0.176 e. The largest absolute Gasteiger partial charge is 0.390 e. The Kier molecular flexibility index (Phi) is 2.31. The van der Waals surface area contributed by atoms with Crippen molar-refractivity contribution in [3.05, 3.63) is 48.3 Å². The van der Waals surface area contributed by atoms with E-state index in [1.807, 2.05) is 24.3 Å². The molecule has 0 amide bonds. The zero-order valence-corrected chi connectivity index (χ0v) is 8.98. The summed E-state index contributed by atoms with van der Waals surface area (Å²) in [5, 5.41) is 22.2. The molecule has 0 bridgehead atoms. The van der Waals surface area contributed by atoms with Crippen molar-refractivity contribution in [3.8, 4) is 5.82 Å². The fourth-order valence-corrected chi connectivity index (χ4v) is 1.70. The standard InChI is InChI=1S/C12H10N4O/c17-8-10-5-6-12(15-14-10)16-11-4-2-1-3-9(11)7-13-16/h1-7,17H,8H2. The highest BCUT2D eigenvalue weighted by Gasteiger charge is 2.05. The van der Waals surface area contributed by atoms with Crippen LogP contribution in [0.2, 0.25) is 0 Å². The minimum absolute atomic E-state index is 0.104. The van der Waals surface area contributed by atoms with E-state index in [-0.39, 0.29) is 6.61 Å². The van der Waals surface area contributed by atoms with E-state index < -0.39 is 0 Å². The summed E-state index contributed by atoms with van der Waals surface area (Å²) in [4.78, 5) is 0. The number of hydrogen-bond acceptors (Lipinski definition) is 4. The molecule has 3 rings (SSSR count). The molecule has 3 aromatic rings. The predicted octanol–water partition coefficient (Wildman–Crippen LogP) is 1.31. The highest BCUT2D eigenvalue weighted by Crippen LogP contribution is 2.15. The van der Waals surface area contributed by atoms with Crippen LogP contribution in [0.3, 0.4) is 0 Å². The van der Waals surface area contributed by atoms with Crippen LogP contribution in [0.5, 0.6) is 0 Å². The van der Waals surface area contributed by atoms with Crippen LogP contribution >= 0.6 is 0 Å². The maximum absolute atomic E-state index is 8.91. The Morgan fingerprint density at radius 3 is 2.71 bits per heavy atom. The minimum Gasteiger partial charge on any atom is -0.390 e. The Bertz CT molecular complexity index is 645. The number of benzene rings is 1. The second-order valence-electron chi connectivity index (χ2n) is 3.66. The number of aliphatic hydroxyl groups excluding tert-OH is 1. The molecule has 0 aliphatic rings. The van der Waals surface area contributed by atoms with Gasteiger partial charge in [0.05, 0.1) is 24.0 Å². The Labute approximate surface area is 97.3 Å². The number of hydrogen-bond donors (Lipinski definition) is 1. The molecule has 5 heteroatoms. The molecule has 0 fully saturated rings. The van der Waals surface area contributed by atoms with Crippen molar-refractivity contribution in [2.45, 2.75) is 6.61 Å². The van der Waals surface area contributed by atoms with Crippen LogP contribution in [0, 0.1) is 0 Å². The van der Waals surface area contributed by atoms with E-state index in [0.29, 0.717) is 11.5 Å². The fourth-order valence-electron chi connectivity index (χ4n) is 1.70. The van der Waals surface area contributed by atoms with Crippen molar-refractivity contribution in [2.24, 2.45) is 0 Å². The predicted molar refractivity (Wildman–Crippen MR) is 62.6 cm³/mol. The molecule has 0 spiro atoms. The van der Waals surface area contributed by atoms with E-state index in [1.165, 1.54) is 0 Å². The molecule has 2 aromatic heterocycles. The lowest BCUT2D eigenvalue weighted by atomic mass is 10.2. The maximum atomic E-state index is 8.91. The third-order valence-corrected chi connectivity index (χ3v) is 2.56. The zero-order valence-electron chi connectivity index (χ0n) is 8.98. The Balaban J connectivity index is 2.13. The SMILES string of the molecule is OCc1ccc(-n2ncc3ccccc32)nn1. The first-order chi connectivity index (χ1) is 8.38. The van der Waals surface area contributed by atoms with Crippen molar-refractivity contribution >= 4 is 10.9 Å². The van der Waals surface area contributed by atoms with Gasteiger partial charge < -0.3 is 5.11 Å². The van der Waals surface area contributed by atoms with Crippen molar-refractivity contribution in [1.29, 1.82) is 0 Å². The first kappa shape index (κ1) is 9.92. The molecule has 1 aromatic carbocycles. The van der Waals surface area contributed by atoms with Gasteiger partial charge in [-0.25, -0.2) is 4.68 Å². The summed E-state index contributed by atoms with van der Waals surface area (Å²) >= 11 is 0. The van der Waals surface area contributed by atoms with Gasteiger partial charge >= 0.3 is 0 Å². The van der Waals surface area contributed by atoms with Crippen LogP contribution in [0.25, 0.3) is 16.7 Å². The van der Waals surface area contributed by atoms with Gasteiger partial charge in [0.1, 0.15) is 0 Å². The minimum atomic E-state index is -0.104. The van der Waals surface area contributed by atoms with Gasteiger partial charge in [-0.15, -0.1) is 5.10 Å². The van der Waals surface area contributed by atoms with Crippen LogP contribution in [-0.4, -0.2) is 25.1 Å². The van der Waals surface area contributed by atoms with E-state index in [0.717, 1.165) is 10.9 Å². The summed E-state index contributed by atoms with van der Waals surface area (Å²) in [6.07, 6.45) is 1.79. The second-order valence-corrected chi connectivity index (χ2v) is 3.66. The molecule has 0 unspecified atom stereocenters. The third kappa shape index (κ3) is 1.66. The molecule has 0 atom stereocenters. The number of rotatable bonds is 2. The summed E-state index contributed by atoms with van der Waals surface area (Å²) in [7, 11) is 0. The average molecular weight is 226 g/mol. The molecule has 84 valence electrons. The number of fused-ring (bicyclic) bond motifs is 1. The molecule has 0 saturated carbocycles. The Morgan fingerprint density at radius 1 is 1.06 bits per heavy atom. The van der Waals surface area contributed by atoms with Crippen LogP contribution in [0.1, 0.15) is 5.69 Å². The molecule has 1 N–H and O–H groups in total. The number of para-hydroxylation sites is 1. The molecule has 17 heavy (non-hydrogen) atoms. The van der Waals surface area contributed by atoms with E-state index in [4.69, 9.17) is 5.11 Å². The van der Waals surface area contributed by atoms with Gasteiger partial charge in [-0.3, -0.25) is 0 Å². The molecule has 0 saturated heterocycles. The fraction of sp³-hybridized carbons (Fsp3) is 0.0833. The summed E-state index contributed by atoms with van der Waals surface area (Å²) in [6, 6.07) is 11.4. The summed E-state index contributed by atoms with van der Waals surface area (Å²) in [6.45, 7) is -0.104. The van der Waals surface area contributed by atoms with Crippen molar-refractivity contribution in [1.82, 2.24) is 20.0 Å². The average Bonchev–Trinajstić information content (AvgIpc) is 2.83. The lowest BCUT2D eigenvalue weighted by Crippen LogP contribution is -2.02. The van der Waals surface area contributed by atoms with E-state index in [2.05, 4.69) is 15.3 Å². The topological polar surface area (TPSA) is 63.8 Å². The smallest absolute Gasteiger partial charge is 0.176 e. The van der Waals surface area contributed by atoms with E-state index >= 15 is 0 Å². The van der Waals surface area contributed by atoms with E-state index in [1.54, 1.807) is 23.0 Å². The molecule has 0 aliphatic heterocycles. The monoisotopic (exact) mass is 226 g/mol. The summed E-state index contributed by atoms with van der Waals surface area (Å²) in [5.74, 6) is 0.642. The van der Waals surface area contributed by atoms with Gasteiger partial charge in [-0.2, -0.15) is 10.2 Å². The van der Waals surface area contributed by atoms with Gasteiger partial charge in [0.25, 0.3) is 0 Å². The Hall–Kier alpha value is -2.27. The third-order valence-electron chi connectivity index (χ3n) is 2.56. The molecule has 2 heterocycles. The lowest BCUT2D eigenvalue weighted by molar-refractivity contribution is 0.275. The van der Waals surface area contributed by atoms with Crippen molar-refractivity contribution in [2.75, 3.05) is 0 Å². The molecule has 0 radical (unpaired) electrons. The second kappa shape index (κ2) is 3.95. The van der Waals surface area contributed by atoms with Gasteiger partial charge in [0.15, 0.2) is 5.82 Å². The van der Waals surface area contributed by atoms with Gasteiger partial charge in [0, 0.05) is 5.39 Å². The van der Waals surface area contributed by atoms with Crippen molar-refractivity contribution in [3.63, 3.8) is 0 Å². The van der Waals surface area contributed by atoms with Gasteiger partial charge in [-0.05, 0) is 18.2 Å². The van der Waals surface area contributed by atoms with Crippen LogP contribution < -0.4 is 0 Å². The highest BCUT2D eigenvalue weighted by molar-refractivity contribution is 5.79. The normalized spacial score (nSPS) is 10.9. The Morgan fingerprint density at radius 2 is 1.94 bits per heavy atom. The van der Waals surface area contributed by atoms with Gasteiger partial charge in [-0.1, -0.05) is 18.2 Å². The van der Waals surface area contributed by atoms with Crippen LogP contribution in [0.4, 0.5) is 0 Å². The summed E-state index contributed by atoms with van der Waals surface area (Å²) in [5.41, 5.74) is 1.53. The number of aliphatic hydroxyl groups is 1. The summed E-state index contributed by atoms with van der Waals surface area (Å²) < 4.78 is 1.73. The number of nitrogens with zero attached hydrogens (tertiary/aromatic N) is 4. The van der Waals surface area contributed by atoms with Crippen molar-refractivity contribution < 1.29 is 5.11 Å². The number of aromatic nitrogens is 4. The quantitative estimate of drug-likeness (QED) is 0.715. The zero-order chi connectivity index (χ0) is 11.7. The van der Waals surface area contributed by atoms with Crippen LogP contribution in [-0.2, 0) is 6.61 Å². The molecule has 5 nitrogen and oxygen atoms in total. The van der Waals surface area contributed by atoms with Crippen LogP contribution in [0.15, 0.2) is 42.6 Å². The highest BCUT2D eigenvalue weighted by atomic mass is 16.3. The lowest BCUT2D eigenvalue weighted by Gasteiger charge is -2.01. The van der Waals surface area contributed by atoms with Gasteiger partial charge in [0.2, 0.25) is 0 Å². The molecular formula is C12H10N4O. The first-order valence-electron chi connectivity index (χ1n) is 5.25.